The number of amides is 1. The predicted octanol–water partition coefficient (Wildman–Crippen LogP) is 3.74. The third-order valence-electron chi connectivity index (χ3n) is 6.01. The minimum atomic E-state index is 0.0306. The second kappa shape index (κ2) is 8.87. The lowest BCUT2D eigenvalue weighted by molar-refractivity contribution is 0.0422. The summed E-state index contributed by atoms with van der Waals surface area (Å²) >= 11 is 3.20. The number of rotatable bonds is 5. The van der Waals surface area contributed by atoms with E-state index in [1.807, 2.05) is 33.9 Å². The summed E-state index contributed by atoms with van der Waals surface area (Å²) in [4.78, 5) is 22.7. The first kappa shape index (κ1) is 19.7. The van der Waals surface area contributed by atoms with E-state index < -0.39 is 0 Å². The minimum absolute atomic E-state index is 0.0306. The zero-order valence-electron chi connectivity index (χ0n) is 16.7. The lowest BCUT2D eigenvalue weighted by atomic mass is 9.98. The van der Waals surface area contributed by atoms with Crippen molar-refractivity contribution in [2.45, 2.75) is 37.8 Å². The summed E-state index contributed by atoms with van der Waals surface area (Å²) < 4.78 is 5.98. The van der Waals surface area contributed by atoms with Gasteiger partial charge in [0.2, 0.25) is 0 Å². The molecule has 5 heterocycles. The molecule has 2 aliphatic rings. The molecule has 0 atom stereocenters. The average Bonchev–Trinajstić information content (AvgIpc) is 3.56. The van der Waals surface area contributed by atoms with E-state index in [1.54, 1.807) is 28.9 Å². The maximum Gasteiger partial charge on any atom is 0.274 e. The van der Waals surface area contributed by atoms with Crippen LogP contribution in [0, 0.1) is 0 Å². The Labute approximate surface area is 183 Å². The third-order valence-corrected chi connectivity index (χ3v) is 7.57. The Morgan fingerprint density at radius 2 is 1.93 bits per heavy atom. The number of nitrogens with one attached hydrogen (secondary N) is 1. The predicted molar refractivity (Wildman–Crippen MR) is 118 cm³/mol. The molecule has 0 aliphatic carbocycles. The van der Waals surface area contributed by atoms with E-state index in [1.165, 1.54) is 0 Å². The Morgan fingerprint density at radius 1 is 1.10 bits per heavy atom. The molecule has 2 aliphatic heterocycles. The summed E-state index contributed by atoms with van der Waals surface area (Å²) in [5.41, 5.74) is 1.42. The van der Waals surface area contributed by atoms with Crippen LogP contribution in [0.1, 0.15) is 36.2 Å². The average molecular weight is 444 g/mol. The van der Waals surface area contributed by atoms with Crippen LogP contribution in [0.4, 0.5) is 0 Å². The van der Waals surface area contributed by atoms with Crippen molar-refractivity contribution in [2.24, 2.45) is 0 Å². The lowest BCUT2D eigenvalue weighted by Gasteiger charge is -2.41. The van der Waals surface area contributed by atoms with Crippen LogP contribution in [-0.2, 0) is 0 Å². The van der Waals surface area contributed by atoms with Gasteiger partial charge in [0.1, 0.15) is 6.10 Å². The first-order valence-corrected chi connectivity index (χ1v) is 12.2. The van der Waals surface area contributed by atoms with Gasteiger partial charge in [-0.25, -0.2) is 4.98 Å². The number of aromatic amines is 1. The van der Waals surface area contributed by atoms with Crippen molar-refractivity contribution in [2.75, 3.05) is 26.2 Å². The zero-order chi connectivity index (χ0) is 20.3. The first-order chi connectivity index (χ1) is 14.8. The Kier molecular flexibility index (Phi) is 5.83. The molecule has 0 radical (unpaired) electrons. The number of likely N-dealkylation sites (tertiary alicyclic amines) is 2. The maximum absolute atomic E-state index is 12.9. The van der Waals surface area contributed by atoms with Gasteiger partial charge >= 0.3 is 0 Å². The van der Waals surface area contributed by atoms with E-state index in [4.69, 9.17) is 4.74 Å². The van der Waals surface area contributed by atoms with E-state index >= 15 is 0 Å². The summed E-state index contributed by atoms with van der Waals surface area (Å²) in [5.74, 6) is 0.0306. The first-order valence-electron chi connectivity index (χ1n) is 10.4. The van der Waals surface area contributed by atoms with Gasteiger partial charge in [0, 0.05) is 43.8 Å². The molecular weight excluding hydrogens is 418 g/mol. The van der Waals surface area contributed by atoms with Crippen LogP contribution in [0.25, 0.3) is 10.6 Å². The highest BCUT2D eigenvalue weighted by Crippen LogP contribution is 2.26. The Hall–Kier alpha value is -2.23. The number of thiazole rings is 1. The van der Waals surface area contributed by atoms with Crippen molar-refractivity contribution >= 4 is 28.6 Å². The molecule has 0 unspecified atom stereocenters. The second-order valence-corrected chi connectivity index (χ2v) is 9.62. The molecule has 2 fully saturated rings. The number of hydrogen-bond acceptors (Lipinski definition) is 7. The van der Waals surface area contributed by atoms with Gasteiger partial charge in [-0.15, -0.1) is 11.3 Å². The fraction of sp³-hybridized carbons (Fsp3) is 0.476. The monoisotopic (exact) mass is 443 g/mol. The molecule has 7 nitrogen and oxygen atoms in total. The number of H-pyrrole nitrogens is 1. The van der Waals surface area contributed by atoms with Crippen molar-refractivity contribution in [1.29, 1.82) is 0 Å². The second-order valence-electron chi connectivity index (χ2n) is 7.82. The summed E-state index contributed by atoms with van der Waals surface area (Å²) in [7, 11) is 0. The number of aromatic nitrogens is 3. The fourth-order valence-corrected chi connectivity index (χ4v) is 5.60. The van der Waals surface area contributed by atoms with Crippen molar-refractivity contribution in [3.05, 3.63) is 40.8 Å². The van der Waals surface area contributed by atoms with E-state index in [9.17, 15) is 4.79 Å². The highest BCUT2D eigenvalue weighted by atomic mass is 32.1. The molecule has 1 N–H and O–H groups in total. The van der Waals surface area contributed by atoms with Crippen molar-refractivity contribution in [3.8, 4) is 15.8 Å². The molecule has 0 saturated carbocycles. The molecule has 0 aromatic carbocycles. The third kappa shape index (κ3) is 4.28. The smallest absolute Gasteiger partial charge is 0.274 e. The number of piperidine rings is 2. The summed E-state index contributed by atoms with van der Waals surface area (Å²) in [5, 5.41) is 12.0. The molecule has 30 heavy (non-hydrogen) atoms. The minimum Gasteiger partial charge on any atom is -0.467 e. The van der Waals surface area contributed by atoms with E-state index in [2.05, 4.69) is 20.1 Å². The van der Waals surface area contributed by atoms with Crippen LogP contribution >= 0.6 is 22.7 Å². The highest BCUT2D eigenvalue weighted by Gasteiger charge is 2.31. The Bertz CT molecular complexity index is 940. The van der Waals surface area contributed by atoms with Crippen LogP contribution in [0.2, 0.25) is 0 Å². The fourth-order valence-electron chi connectivity index (χ4n) is 4.36. The van der Waals surface area contributed by atoms with E-state index in [0.717, 1.165) is 67.6 Å². The van der Waals surface area contributed by atoms with Gasteiger partial charge in [-0.1, -0.05) is 17.4 Å². The van der Waals surface area contributed by atoms with E-state index in [0.29, 0.717) is 11.7 Å². The largest absolute Gasteiger partial charge is 0.467 e. The van der Waals surface area contributed by atoms with Crippen LogP contribution in [0.5, 0.6) is 5.19 Å². The maximum atomic E-state index is 12.9. The van der Waals surface area contributed by atoms with Gasteiger partial charge in [-0.2, -0.15) is 5.10 Å². The summed E-state index contributed by atoms with van der Waals surface area (Å²) in [6, 6.07) is 6.45. The molecule has 0 spiro atoms. The quantitative estimate of drug-likeness (QED) is 0.650. The molecule has 3 aromatic heterocycles. The summed E-state index contributed by atoms with van der Waals surface area (Å²) in [6.07, 6.45) is 6.18. The van der Waals surface area contributed by atoms with Gasteiger partial charge in [0.15, 0.2) is 5.69 Å². The van der Waals surface area contributed by atoms with Gasteiger partial charge in [-0.05, 0) is 43.2 Å². The molecule has 5 rings (SSSR count). The van der Waals surface area contributed by atoms with Gasteiger partial charge in [-0.3, -0.25) is 14.8 Å². The summed E-state index contributed by atoms with van der Waals surface area (Å²) in [6.45, 7) is 3.69. The number of ether oxygens (including phenoxy) is 1. The Balaban J connectivity index is 1.10. The van der Waals surface area contributed by atoms with Crippen LogP contribution < -0.4 is 4.74 Å². The topological polar surface area (TPSA) is 74.4 Å². The SMILES string of the molecule is O=C(c1cc(-c2cccs2)[nH]n1)N1CCC(N2CCC(Oc3nccs3)CC2)CC1. The highest BCUT2D eigenvalue weighted by molar-refractivity contribution is 7.13. The van der Waals surface area contributed by atoms with E-state index in [-0.39, 0.29) is 12.0 Å². The lowest BCUT2D eigenvalue weighted by Crippen LogP contribution is -2.50. The normalized spacial score (nSPS) is 19.3. The molecule has 3 aromatic rings. The van der Waals surface area contributed by atoms with Gasteiger partial charge < -0.3 is 9.64 Å². The van der Waals surface area contributed by atoms with Gasteiger partial charge in [0.05, 0.1) is 10.6 Å². The molecule has 9 heteroatoms. The standard InChI is InChI=1S/C21H25N5O2S2/c27-20(18-14-17(23-24-18)19-2-1-12-29-19)26-8-3-15(4-9-26)25-10-5-16(6-11-25)28-21-22-7-13-30-21/h1-2,7,12-16H,3-6,8-11H2,(H,23,24). The van der Waals surface area contributed by atoms with Crippen LogP contribution in [-0.4, -0.2) is 69.2 Å². The van der Waals surface area contributed by atoms with Crippen LogP contribution in [0.15, 0.2) is 35.2 Å². The number of hydrogen-bond donors (Lipinski definition) is 1. The number of carbonyl (C=O) groups is 1. The number of thiophene rings is 1. The molecule has 158 valence electrons. The Morgan fingerprint density at radius 3 is 2.63 bits per heavy atom. The van der Waals surface area contributed by atoms with Gasteiger partial charge in [0.25, 0.3) is 11.1 Å². The van der Waals surface area contributed by atoms with Crippen molar-refractivity contribution < 1.29 is 9.53 Å². The molecule has 0 bridgehead atoms. The van der Waals surface area contributed by atoms with Crippen molar-refractivity contribution in [1.82, 2.24) is 25.0 Å². The molecule has 2 saturated heterocycles. The number of nitrogens with zero attached hydrogens (tertiary/aromatic N) is 4. The number of carbonyl (C=O) groups excluding carboxylic acids is 1. The van der Waals surface area contributed by atoms with Crippen LogP contribution in [0.3, 0.4) is 0 Å². The molecular formula is C21H25N5O2S2. The molecule has 1 amide bonds. The zero-order valence-corrected chi connectivity index (χ0v) is 18.3. The van der Waals surface area contributed by atoms with Crippen molar-refractivity contribution in [3.63, 3.8) is 0 Å².